The molecule has 0 atom stereocenters. The predicted molar refractivity (Wildman–Crippen MR) is 46.3 cm³/mol. The third-order valence-corrected chi connectivity index (χ3v) is 1.92. The maximum absolute atomic E-state index is 12.4. The Bertz CT molecular complexity index is 436. The molecule has 1 aromatic rings. The van der Waals surface area contributed by atoms with Gasteiger partial charge in [0, 0.05) is 11.6 Å². The Morgan fingerprint density at radius 1 is 1.64 bits per heavy atom. The van der Waals surface area contributed by atoms with Crippen molar-refractivity contribution in [2.45, 2.75) is 12.3 Å². The number of halogens is 3. The van der Waals surface area contributed by atoms with Crippen molar-refractivity contribution < 1.29 is 8.78 Å². The Morgan fingerprint density at radius 3 is 2.71 bits per heavy atom. The maximum atomic E-state index is 12.4. The molecule has 1 aromatic heterocycles. The summed E-state index contributed by atoms with van der Waals surface area (Å²) in [5.74, 6) is -0.237. The van der Waals surface area contributed by atoms with E-state index in [4.69, 9.17) is 16.9 Å². The number of rotatable bonds is 2. The first-order valence-corrected chi connectivity index (χ1v) is 4.14. The molecule has 0 aliphatic heterocycles. The van der Waals surface area contributed by atoms with Crippen LogP contribution in [-0.2, 0) is 5.88 Å². The van der Waals surface area contributed by atoms with E-state index in [9.17, 15) is 13.6 Å². The van der Waals surface area contributed by atoms with Crippen molar-refractivity contribution in [3.05, 3.63) is 33.2 Å². The van der Waals surface area contributed by atoms with E-state index in [-0.39, 0.29) is 17.0 Å². The SMILES string of the molecule is N#Cc1cc(=O)[nH]c(C(F)F)c1CCl. The highest BCUT2D eigenvalue weighted by Gasteiger charge is 2.17. The van der Waals surface area contributed by atoms with Crippen LogP contribution in [-0.4, -0.2) is 4.98 Å². The lowest BCUT2D eigenvalue weighted by Crippen LogP contribution is -2.12. The van der Waals surface area contributed by atoms with Crippen molar-refractivity contribution in [3.63, 3.8) is 0 Å². The van der Waals surface area contributed by atoms with E-state index in [2.05, 4.69) is 0 Å². The molecule has 0 radical (unpaired) electrons. The van der Waals surface area contributed by atoms with Crippen LogP contribution in [0.5, 0.6) is 0 Å². The average molecular weight is 219 g/mol. The monoisotopic (exact) mass is 218 g/mol. The standard InChI is InChI=1S/C8H5ClF2N2O/c9-2-5-4(3-12)1-6(14)13-7(5)8(10)11/h1,8H,2H2,(H,13,14). The molecule has 0 amide bonds. The second-order valence-corrected chi connectivity index (χ2v) is 2.75. The van der Waals surface area contributed by atoms with E-state index < -0.39 is 17.7 Å². The molecular formula is C8H5ClF2N2O. The van der Waals surface area contributed by atoms with Crippen molar-refractivity contribution in [2.24, 2.45) is 0 Å². The Kier molecular flexibility index (Phi) is 3.20. The molecule has 0 saturated heterocycles. The van der Waals surface area contributed by atoms with Crippen LogP contribution in [0.3, 0.4) is 0 Å². The second kappa shape index (κ2) is 4.20. The quantitative estimate of drug-likeness (QED) is 0.771. The highest BCUT2D eigenvalue weighted by molar-refractivity contribution is 6.17. The van der Waals surface area contributed by atoms with Gasteiger partial charge in [-0.25, -0.2) is 8.78 Å². The van der Waals surface area contributed by atoms with Crippen molar-refractivity contribution in [3.8, 4) is 6.07 Å². The zero-order valence-electron chi connectivity index (χ0n) is 6.85. The molecule has 0 spiro atoms. The van der Waals surface area contributed by atoms with Gasteiger partial charge in [-0.05, 0) is 0 Å². The molecule has 0 aliphatic carbocycles. The third kappa shape index (κ3) is 1.91. The van der Waals surface area contributed by atoms with Gasteiger partial charge >= 0.3 is 0 Å². The Labute approximate surface area is 82.9 Å². The largest absolute Gasteiger partial charge is 0.321 e. The van der Waals surface area contributed by atoms with Crippen molar-refractivity contribution >= 4 is 11.6 Å². The summed E-state index contributed by atoms with van der Waals surface area (Å²) in [5.41, 5.74) is -1.45. The summed E-state index contributed by atoms with van der Waals surface area (Å²) in [6.07, 6.45) is -2.84. The summed E-state index contributed by atoms with van der Waals surface area (Å²) in [5, 5.41) is 8.57. The zero-order chi connectivity index (χ0) is 10.7. The minimum atomic E-state index is -2.84. The molecule has 14 heavy (non-hydrogen) atoms. The summed E-state index contributed by atoms with van der Waals surface area (Å²) in [6.45, 7) is 0. The summed E-state index contributed by atoms with van der Waals surface area (Å²) >= 11 is 5.41. The highest BCUT2D eigenvalue weighted by Crippen LogP contribution is 2.22. The summed E-state index contributed by atoms with van der Waals surface area (Å²) in [7, 11) is 0. The number of nitrogens with zero attached hydrogens (tertiary/aromatic N) is 1. The van der Waals surface area contributed by atoms with E-state index in [1.807, 2.05) is 4.98 Å². The fourth-order valence-electron chi connectivity index (χ4n) is 1.04. The minimum Gasteiger partial charge on any atom is -0.321 e. The fourth-order valence-corrected chi connectivity index (χ4v) is 1.33. The number of aromatic nitrogens is 1. The normalized spacial score (nSPS) is 10.2. The first-order chi connectivity index (χ1) is 6.60. The molecule has 1 N–H and O–H groups in total. The van der Waals surface area contributed by atoms with Gasteiger partial charge in [0.1, 0.15) is 0 Å². The molecule has 0 unspecified atom stereocenters. The number of pyridine rings is 1. The van der Waals surface area contributed by atoms with E-state index in [0.29, 0.717) is 0 Å². The molecule has 3 nitrogen and oxygen atoms in total. The lowest BCUT2D eigenvalue weighted by Gasteiger charge is -2.06. The molecule has 74 valence electrons. The Hall–Kier alpha value is -1.41. The van der Waals surface area contributed by atoms with Gasteiger partial charge in [-0.2, -0.15) is 5.26 Å². The number of aromatic amines is 1. The number of hydrogen-bond acceptors (Lipinski definition) is 2. The van der Waals surface area contributed by atoms with Crippen LogP contribution >= 0.6 is 11.6 Å². The summed E-state index contributed by atoms with van der Waals surface area (Å²) < 4.78 is 24.7. The zero-order valence-corrected chi connectivity index (χ0v) is 7.61. The Balaban J connectivity index is 3.49. The molecule has 0 aliphatic rings. The molecule has 1 rings (SSSR count). The predicted octanol–water partition coefficient (Wildman–Crippen LogP) is 1.92. The van der Waals surface area contributed by atoms with Crippen LogP contribution in [0.25, 0.3) is 0 Å². The van der Waals surface area contributed by atoms with Crippen molar-refractivity contribution in [1.29, 1.82) is 5.26 Å². The lowest BCUT2D eigenvalue weighted by molar-refractivity contribution is 0.145. The van der Waals surface area contributed by atoms with Gasteiger partial charge in [-0.3, -0.25) is 4.79 Å². The molecule has 0 fully saturated rings. The summed E-state index contributed by atoms with van der Waals surface area (Å²) in [6, 6.07) is 2.59. The van der Waals surface area contributed by atoms with Crippen LogP contribution in [0.4, 0.5) is 8.78 Å². The molecular weight excluding hydrogens is 214 g/mol. The number of nitriles is 1. The van der Waals surface area contributed by atoms with E-state index in [0.717, 1.165) is 6.07 Å². The van der Waals surface area contributed by atoms with Crippen LogP contribution in [0.1, 0.15) is 23.2 Å². The van der Waals surface area contributed by atoms with E-state index in [1.165, 1.54) is 0 Å². The molecule has 0 aromatic carbocycles. The van der Waals surface area contributed by atoms with Crippen molar-refractivity contribution in [1.82, 2.24) is 4.98 Å². The molecule has 0 saturated carbocycles. The van der Waals surface area contributed by atoms with Gasteiger partial charge < -0.3 is 4.98 Å². The fraction of sp³-hybridized carbons (Fsp3) is 0.250. The minimum absolute atomic E-state index is 0.0243. The van der Waals surface area contributed by atoms with E-state index >= 15 is 0 Å². The third-order valence-electron chi connectivity index (χ3n) is 1.66. The van der Waals surface area contributed by atoms with Gasteiger partial charge in [0.15, 0.2) is 0 Å². The summed E-state index contributed by atoms with van der Waals surface area (Å²) in [4.78, 5) is 12.8. The molecule has 6 heteroatoms. The van der Waals surface area contributed by atoms with Crippen LogP contribution in [0, 0.1) is 11.3 Å². The molecule has 0 bridgehead atoms. The van der Waals surface area contributed by atoms with Crippen LogP contribution in [0.2, 0.25) is 0 Å². The number of alkyl halides is 3. The van der Waals surface area contributed by atoms with Gasteiger partial charge in [-0.1, -0.05) is 0 Å². The van der Waals surface area contributed by atoms with Gasteiger partial charge in [0.05, 0.1) is 23.2 Å². The van der Waals surface area contributed by atoms with Crippen LogP contribution < -0.4 is 5.56 Å². The van der Waals surface area contributed by atoms with E-state index in [1.54, 1.807) is 6.07 Å². The first kappa shape index (κ1) is 10.7. The van der Waals surface area contributed by atoms with Crippen molar-refractivity contribution in [2.75, 3.05) is 0 Å². The second-order valence-electron chi connectivity index (χ2n) is 2.49. The van der Waals surface area contributed by atoms with Gasteiger partial charge in [0.25, 0.3) is 6.43 Å². The number of nitrogens with one attached hydrogen (secondary N) is 1. The van der Waals surface area contributed by atoms with Gasteiger partial charge in [-0.15, -0.1) is 11.6 Å². The average Bonchev–Trinajstić information content (AvgIpc) is 2.16. The topological polar surface area (TPSA) is 56.6 Å². The number of hydrogen-bond donors (Lipinski definition) is 1. The number of H-pyrrole nitrogens is 1. The maximum Gasteiger partial charge on any atom is 0.278 e. The molecule has 1 heterocycles. The lowest BCUT2D eigenvalue weighted by atomic mass is 10.1. The highest BCUT2D eigenvalue weighted by atomic mass is 35.5. The smallest absolute Gasteiger partial charge is 0.278 e. The van der Waals surface area contributed by atoms with Crippen LogP contribution in [0.15, 0.2) is 10.9 Å². The first-order valence-electron chi connectivity index (χ1n) is 3.60. The van der Waals surface area contributed by atoms with Gasteiger partial charge in [0.2, 0.25) is 5.56 Å². The Morgan fingerprint density at radius 2 is 2.29 bits per heavy atom.